The number of hydrogen-bond acceptors (Lipinski definition) is 7. The van der Waals surface area contributed by atoms with E-state index >= 15 is 0 Å². The molecule has 0 spiro atoms. The van der Waals surface area contributed by atoms with Crippen LogP contribution < -0.4 is 15.1 Å². The smallest absolute Gasteiger partial charge is 0.344 e. The average molecular weight is 543 g/mol. The summed E-state index contributed by atoms with van der Waals surface area (Å²) in [5.74, 6) is -0.936. The summed E-state index contributed by atoms with van der Waals surface area (Å²) in [7, 11) is -4.22. The topological polar surface area (TPSA) is 132 Å². The lowest BCUT2D eigenvalue weighted by atomic mass is 9.79. The third kappa shape index (κ3) is 6.42. The lowest BCUT2D eigenvalue weighted by Crippen LogP contribution is -2.48. The van der Waals surface area contributed by atoms with Gasteiger partial charge in [0, 0.05) is 53.9 Å². The van der Waals surface area contributed by atoms with E-state index in [1.165, 1.54) is 0 Å². The number of hydrogen-bond donors (Lipinski definition) is 1. The largest absolute Gasteiger partial charge is 0.748 e. The Kier molecular flexibility index (Phi) is 7.94. The van der Waals surface area contributed by atoms with Gasteiger partial charge in [0.15, 0.2) is 12.4 Å². The SMILES string of the molecule is CC1CC(C)(C)N(CCCC(=O)O)c2cc3oc(=O)c(-c4ccc[n+](CCCCS(=O)(=O)[O-])c4)cc3cc21. The zero-order valence-electron chi connectivity index (χ0n) is 22.0. The number of rotatable bonds is 10. The van der Waals surface area contributed by atoms with Gasteiger partial charge >= 0.3 is 11.6 Å². The molecule has 2 aromatic heterocycles. The molecule has 1 N–H and O–H groups in total. The van der Waals surface area contributed by atoms with Gasteiger partial charge in [-0.25, -0.2) is 17.8 Å². The molecule has 0 radical (unpaired) electrons. The Balaban J connectivity index is 1.65. The van der Waals surface area contributed by atoms with Gasteiger partial charge in [-0.1, -0.05) is 6.92 Å². The minimum Gasteiger partial charge on any atom is -0.748 e. The summed E-state index contributed by atoms with van der Waals surface area (Å²) in [6.07, 6.45) is 5.97. The first-order valence-electron chi connectivity index (χ1n) is 12.9. The molecule has 4 rings (SSSR count). The van der Waals surface area contributed by atoms with Gasteiger partial charge in [-0.3, -0.25) is 4.79 Å². The molecule has 1 aliphatic heterocycles. The van der Waals surface area contributed by atoms with E-state index in [2.05, 4.69) is 31.7 Å². The Morgan fingerprint density at radius 1 is 1.24 bits per heavy atom. The highest BCUT2D eigenvalue weighted by Gasteiger charge is 2.36. The molecule has 3 aromatic rings. The van der Waals surface area contributed by atoms with Crippen LogP contribution in [0.25, 0.3) is 22.1 Å². The van der Waals surface area contributed by atoms with Crippen LogP contribution in [0.5, 0.6) is 0 Å². The molecule has 0 saturated heterocycles. The number of aryl methyl sites for hydroxylation is 1. The Morgan fingerprint density at radius 2 is 2.00 bits per heavy atom. The summed E-state index contributed by atoms with van der Waals surface area (Å²) in [4.78, 5) is 26.4. The van der Waals surface area contributed by atoms with Crippen molar-refractivity contribution in [1.29, 1.82) is 0 Å². The van der Waals surface area contributed by atoms with Crippen LogP contribution in [-0.2, 0) is 21.5 Å². The summed E-state index contributed by atoms with van der Waals surface area (Å²) in [6.45, 7) is 7.60. The number of carbonyl (C=O) groups is 1. The minimum absolute atomic E-state index is 0.0955. The molecular weight excluding hydrogens is 508 g/mol. The van der Waals surface area contributed by atoms with Crippen molar-refractivity contribution in [1.82, 2.24) is 0 Å². The number of carboxylic acid groups (broad SMARTS) is 1. The van der Waals surface area contributed by atoms with E-state index in [9.17, 15) is 22.6 Å². The summed E-state index contributed by atoms with van der Waals surface area (Å²) < 4.78 is 40.1. The number of pyridine rings is 1. The van der Waals surface area contributed by atoms with E-state index in [1.54, 1.807) is 0 Å². The predicted molar refractivity (Wildman–Crippen MR) is 143 cm³/mol. The van der Waals surface area contributed by atoms with Crippen molar-refractivity contribution < 1.29 is 31.9 Å². The lowest BCUT2D eigenvalue weighted by Gasteiger charge is -2.47. The maximum atomic E-state index is 13.0. The highest BCUT2D eigenvalue weighted by atomic mass is 32.2. The van der Waals surface area contributed by atoms with Crippen LogP contribution in [0.2, 0.25) is 0 Å². The first-order valence-corrected chi connectivity index (χ1v) is 14.5. The van der Waals surface area contributed by atoms with Crippen molar-refractivity contribution in [2.45, 2.75) is 70.9 Å². The van der Waals surface area contributed by atoms with Gasteiger partial charge in [0.25, 0.3) is 0 Å². The Morgan fingerprint density at radius 3 is 2.71 bits per heavy atom. The maximum Gasteiger partial charge on any atom is 0.344 e. The fraction of sp³-hybridized carbons (Fsp3) is 0.464. The van der Waals surface area contributed by atoms with Crippen molar-refractivity contribution in [3.8, 4) is 11.1 Å². The monoisotopic (exact) mass is 542 g/mol. The molecule has 0 aliphatic carbocycles. The highest BCUT2D eigenvalue weighted by molar-refractivity contribution is 7.85. The average Bonchev–Trinajstić information content (AvgIpc) is 2.82. The standard InChI is InChI=1S/C28H34N2O7S/c1-19-17-28(2,3)30(12-7-9-26(31)32)24-16-25-21(14-22(19)24)15-23(27(33)37-25)20-8-6-11-29(18-20)10-4-5-13-38(34,35)36/h6,8,11,14-16,18-19H,4-5,7,9-10,12-13,17H2,1-3H3,(H-,31,32,34,35,36). The zero-order valence-corrected chi connectivity index (χ0v) is 22.8. The van der Waals surface area contributed by atoms with Gasteiger partial charge in [-0.2, -0.15) is 0 Å². The van der Waals surface area contributed by atoms with Crippen LogP contribution in [0.3, 0.4) is 0 Å². The van der Waals surface area contributed by atoms with E-state index in [4.69, 9.17) is 9.52 Å². The maximum absolute atomic E-state index is 13.0. The van der Waals surface area contributed by atoms with Crippen molar-refractivity contribution in [2.24, 2.45) is 0 Å². The van der Waals surface area contributed by atoms with Crippen LogP contribution in [0.4, 0.5) is 5.69 Å². The normalized spacial score (nSPS) is 16.9. The van der Waals surface area contributed by atoms with E-state index in [1.807, 2.05) is 41.2 Å². The van der Waals surface area contributed by atoms with Crippen LogP contribution in [0.1, 0.15) is 64.4 Å². The molecule has 0 amide bonds. The highest BCUT2D eigenvalue weighted by Crippen LogP contribution is 2.45. The van der Waals surface area contributed by atoms with E-state index < -0.39 is 27.5 Å². The predicted octanol–water partition coefficient (Wildman–Crippen LogP) is 4.03. The number of carboxylic acids is 1. The Hall–Kier alpha value is -3.24. The third-order valence-corrected chi connectivity index (χ3v) is 8.03. The molecule has 1 aromatic carbocycles. The molecule has 1 atom stereocenters. The van der Waals surface area contributed by atoms with E-state index in [0.29, 0.717) is 42.6 Å². The van der Waals surface area contributed by atoms with Gasteiger partial charge in [0.05, 0.1) is 21.2 Å². The van der Waals surface area contributed by atoms with Crippen molar-refractivity contribution >= 4 is 32.7 Å². The number of anilines is 1. The van der Waals surface area contributed by atoms with Crippen molar-refractivity contribution in [3.05, 3.63) is 58.7 Å². The van der Waals surface area contributed by atoms with Crippen molar-refractivity contribution in [2.75, 3.05) is 17.2 Å². The van der Waals surface area contributed by atoms with Gasteiger partial charge < -0.3 is 19.0 Å². The Labute approximate surface area is 222 Å². The minimum atomic E-state index is -4.22. The van der Waals surface area contributed by atoms with Gasteiger partial charge in [-0.15, -0.1) is 0 Å². The van der Waals surface area contributed by atoms with Crippen LogP contribution >= 0.6 is 0 Å². The summed E-state index contributed by atoms with van der Waals surface area (Å²) in [5, 5.41) is 9.91. The summed E-state index contributed by atoms with van der Waals surface area (Å²) >= 11 is 0. The van der Waals surface area contributed by atoms with Gasteiger partial charge in [0.1, 0.15) is 12.1 Å². The first-order chi connectivity index (χ1) is 17.8. The zero-order chi connectivity index (χ0) is 27.7. The molecule has 204 valence electrons. The van der Waals surface area contributed by atoms with Crippen molar-refractivity contribution in [3.63, 3.8) is 0 Å². The molecule has 3 heterocycles. The summed E-state index contributed by atoms with van der Waals surface area (Å²) in [5.41, 5.74) is 3.07. The molecule has 0 saturated carbocycles. The number of benzene rings is 1. The molecular formula is C28H34N2O7S. The lowest BCUT2D eigenvalue weighted by molar-refractivity contribution is -0.696. The second-order valence-electron chi connectivity index (χ2n) is 10.8. The Bertz CT molecular complexity index is 1510. The molecule has 1 aliphatic rings. The number of aromatic nitrogens is 1. The first kappa shape index (κ1) is 27.8. The van der Waals surface area contributed by atoms with E-state index in [-0.39, 0.29) is 24.3 Å². The van der Waals surface area contributed by atoms with Gasteiger partial charge in [0.2, 0.25) is 0 Å². The van der Waals surface area contributed by atoms with Gasteiger partial charge in [-0.05, 0) is 62.8 Å². The molecule has 0 bridgehead atoms. The van der Waals surface area contributed by atoms with E-state index in [0.717, 1.165) is 23.1 Å². The van der Waals surface area contributed by atoms with Crippen LogP contribution in [0, 0.1) is 0 Å². The number of nitrogens with zero attached hydrogens (tertiary/aromatic N) is 2. The number of fused-ring (bicyclic) bond motifs is 2. The fourth-order valence-electron chi connectivity index (χ4n) is 5.50. The second-order valence-corrected chi connectivity index (χ2v) is 12.3. The quantitative estimate of drug-likeness (QED) is 0.176. The third-order valence-electron chi connectivity index (χ3n) is 7.24. The molecule has 38 heavy (non-hydrogen) atoms. The molecule has 9 nitrogen and oxygen atoms in total. The number of unbranched alkanes of at least 4 members (excludes halogenated alkanes) is 1. The van der Waals surface area contributed by atoms with Crippen LogP contribution in [-0.4, -0.2) is 41.9 Å². The fourth-order valence-corrected chi connectivity index (χ4v) is 6.06. The molecule has 10 heteroatoms. The second kappa shape index (κ2) is 10.9. The molecule has 1 unspecified atom stereocenters. The van der Waals surface area contributed by atoms with Crippen LogP contribution in [0.15, 0.2) is 51.9 Å². The summed E-state index contributed by atoms with van der Waals surface area (Å²) in [6, 6.07) is 9.46. The molecule has 0 fully saturated rings. The number of aliphatic carboxylic acids is 1.